The molecule has 3 rings (SSSR count). The quantitative estimate of drug-likeness (QED) is 0.558. The fraction of sp³-hybridized carbons (Fsp3) is 0.318. The first kappa shape index (κ1) is 21.2. The number of carbonyl (C=O) groups excluding carboxylic acids is 1. The zero-order valence-corrected chi connectivity index (χ0v) is 17.0. The molecule has 0 saturated heterocycles. The summed E-state index contributed by atoms with van der Waals surface area (Å²) in [7, 11) is 0. The molecule has 2 aromatic carbocycles. The molecule has 1 aliphatic rings. The molecule has 1 heterocycles. The van der Waals surface area contributed by atoms with Gasteiger partial charge >= 0.3 is 5.97 Å². The maximum Gasteiger partial charge on any atom is 0.341 e. The van der Waals surface area contributed by atoms with Gasteiger partial charge in [0.2, 0.25) is 6.10 Å². The highest BCUT2D eigenvalue weighted by Crippen LogP contribution is 2.36. The Morgan fingerprint density at radius 3 is 2.73 bits per heavy atom. The number of carboxylic acids is 1. The summed E-state index contributed by atoms with van der Waals surface area (Å²) in [5, 5.41) is 12.7. The Hall–Kier alpha value is -3.55. The van der Waals surface area contributed by atoms with Gasteiger partial charge in [0.05, 0.1) is 6.21 Å². The van der Waals surface area contributed by atoms with E-state index in [0.717, 1.165) is 5.56 Å². The summed E-state index contributed by atoms with van der Waals surface area (Å²) in [6.45, 7) is 5.88. The van der Waals surface area contributed by atoms with Crippen molar-refractivity contribution in [2.24, 2.45) is 5.10 Å². The molecule has 0 aromatic heterocycles. The molecule has 0 bridgehead atoms. The maximum absolute atomic E-state index is 12.4. The highest BCUT2D eigenvalue weighted by atomic mass is 16.6. The monoisotopic (exact) mass is 412 g/mol. The van der Waals surface area contributed by atoms with Crippen molar-refractivity contribution in [3.8, 4) is 17.2 Å². The Labute approximate surface area is 174 Å². The van der Waals surface area contributed by atoms with E-state index in [-0.39, 0.29) is 12.0 Å². The number of hydrogen-bond donors (Lipinski definition) is 2. The van der Waals surface area contributed by atoms with Crippen molar-refractivity contribution in [2.45, 2.75) is 32.3 Å². The van der Waals surface area contributed by atoms with Crippen LogP contribution in [0.2, 0.25) is 0 Å². The van der Waals surface area contributed by atoms with Crippen molar-refractivity contribution in [1.82, 2.24) is 5.43 Å². The highest BCUT2D eigenvalue weighted by molar-refractivity contribution is 5.86. The Morgan fingerprint density at radius 2 is 2.00 bits per heavy atom. The van der Waals surface area contributed by atoms with E-state index in [1.54, 1.807) is 24.3 Å². The highest BCUT2D eigenvalue weighted by Gasteiger charge is 2.28. The van der Waals surface area contributed by atoms with Gasteiger partial charge in [-0.1, -0.05) is 39.0 Å². The molecule has 1 aliphatic heterocycles. The van der Waals surface area contributed by atoms with E-state index < -0.39 is 24.6 Å². The van der Waals surface area contributed by atoms with Gasteiger partial charge < -0.3 is 19.3 Å². The number of fused-ring (bicyclic) bond motifs is 1. The van der Waals surface area contributed by atoms with E-state index in [9.17, 15) is 9.59 Å². The second-order valence-corrected chi connectivity index (χ2v) is 7.78. The van der Waals surface area contributed by atoms with Gasteiger partial charge in [-0.2, -0.15) is 5.10 Å². The molecular weight excluding hydrogens is 388 g/mol. The standard InChI is InChI=1S/C22H24N2O6/c1-22(2,3)15-8-9-17-18(10-15)30-19(12-28-17)21(27)24-23-11-14-6-4-5-7-16(14)29-13-20(25)26/h4-11,19H,12-13H2,1-3H3,(H,24,27)(H,25,26). The van der Waals surface area contributed by atoms with Gasteiger partial charge in [-0.25, -0.2) is 10.2 Å². The summed E-state index contributed by atoms with van der Waals surface area (Å²) in [6.07, 6.45) is 0.535. The molecule has 0 spiro atoms. The number of carboxylic acid groups (broad SMARTS) is 1. The first-order chi connectivity index (χ1) is 14.2. The fourth-order valence-electron chi connectivity index (χ4n) is 2.76. The van der Waals surface area contributed by atoms with E-state index in [4.69, 9.17) is 19.3 Å². The van der Waals surface area contributed by atoms with Crippen LogP contribution in [0.25, 0.3) is 0 Å². The summed E-state index contributed by atoms with van der Waals surface area (Å²) < 4.78 is 16.7. The van der Waals surface area contributed by atoms with Crippen molar-refractivity contribution >= 4 is 18.1 Å². The zero-order chi connectivity index (χ0) is 21.7. The van der Waals surface area contributed by atoms with E-state index >= 15 is 0 Å². The summed E-state index contributed by atoms with van der Waals surface area (Å²) >= 11 is 0. The molecule has 158 valence electrons. The molecule has 0 saturated carbocycles. The molecule has 2 N–H and O–H groups in total. The second kappa shape index (κ2) is 8.86. The van der Waals surface area contributed by atoms with E-state index in [1.807, 2.05) is 18.2 Å². The molecule has 1 unspecified atom stereocenters. The van der Waals surface area contributed by atoms with Gasteiger partial charge in [-0.3, -0.25) is 4.79 Å². The molecular formula is C22H24N2O6. The van der Waals surface area contributed by atoms with Gasteiger partial charge in [-0.05, 0) is 35.2 Å². The number of ether oxygens (including phenoxy) is 3. The third-order valence-corrected chi connectivity index (χ3v) is 4.41. The number of carbonyl (C=O) groups is 2. The largest absolute Gasteiger partial charge is 0.485 e. The van der Waals surface area contributed by atoms with Crippen LogP contribution in [-0.2, 0) is 15.0 Å². The Bertz CT molecular complexity index is 964. The van der Waals surface area contributed by atoms with Crippen LogP contribution < -0.4 is 19.6 Å². The number of para-hydroxylation sites is 1. The van der Waals surface area contributed by atoms with E-state index in [1.165, 1.54) is 6.21 Å². The minimum Gasteiger partial charge on any atom is -0.485 e. The lowest BCUT2D eigenvalue weighted by atomic mass is 9.87. The molecule has 30 heavy (non-hydrogen) atoms. The lowest BCUT2D eigenvalue weighted by Crippen LogP contribution is -2.42. The normalized spacial score (nSPS) is 15.6. The van der Waals surface area contributed by atoms with Gasteiger partial charge in [-0.15, -0.1) is 0 Å². The van der Waals surface area contributed by atoms with Crippen LogP contribution in [0.3, 0.4) is 0 Å². The number of rotatable bonds is 6. The lowest BCUT2D eigenvalue weighted by Gasteiger charge is -2.27. The number of benzene rings is 2. The first-order valence-electron chi connectivity index (χ1n) is 9.44. The number of nitrogens with zero attached hydrogens (tertiary/aromatic N) is 1. The molecule has 8 nitrogen and oxygen atoms in total. The molecule has 0 fully saturated rings. The second-order valence-electron chi connectivity index (χ2n) is 7.78. The predicted molar refractivity (Wildman–Crippen MR) is 110 cm³/mol. The maximum atomic E-state index is 12.4. The summed E-state index contributed by atoms with van der Waals surface area (Å²) in [6, 6.07) is 12.5. The van der Waals surface area contributed by atoms with Crippen LogP contribution in [0.15, 0.2) is 47.6 Å². The van der Waals surface area contributed by atoms with Crippen molar-refractivity contribution < 1.29 is 28.9 Å². The summed E-state index contributed by atoms with van der Waals surface area (Å²) in [5.74, 6) is -0.0783. The molecule has 2 aromatic rings. The number of nitrogens with one attached hydrogen (secondary N) is 1. The smallest absolute Gasteiger partial charge is 0.341 e. The molecule has 1 atom stereocenters. The van der Waals surface area contributed by atoms with Gasteiger partial charge in [0, 0.05) is 5.56 Å². The zero-order valence-electron chi connectivity index (χ0n) is 17.0. The average molecular weight is 412 g/mol. The van der Waals surface area contributed by atoms with E-state index in [0.29, 0.717) is 22.8 Å². The van der Waals surface area contributed by atoms with Crippen LogP contribution >= 0.6 is 0 Å². The Kier molecular flexibility index (Phi) is 6.25. The van der Waals surface area contributed by atoms with Crippen LogP contribution in [0.5, 0.6) is 17.2 Å². The molecule has 1 amide bonds. The SMILES string of the molecule is CC(C)(C)c1ccc2c(c1)OC(C(=O)NN=Cc1ccccc1OCC(=O)O)CO2. The van der Waals surface area contributed by atoms with Gasteiger partial charge in [0.25, 0.3) is 5.91 Å². The Balaban J connectivity index is 1.63. The van der Waals surface area contributed by atoms with Crippen LogP contribution in [0.4, 0.5) is 0 Å². The molecule has 8 heteroatoms. The van der Waals surface area contributed by atoms with E-state index in [2.05, 4.69) is 31.3 Å². The third kappa shape index (κ3) is 5.28. The molecule has 0 aliphatic carbocycles. The third-order valence-electron chi connectivity index (χ3n) is 4.41. The summed E-state index contributed by atoms with van der Waals surface area (Å²) in [5.41, 5.74) is 3.96. The topological polar surface area (TPSA) is 106 Å². The Morgan fingerprint density at radius 1 is 1.23 bits per heavy atom. The number of aliphatic carboxylic acids is 1. The fourth-order valence-corrected chi connectivity index (χ4v) is 2.76. The number of hydrogen-bond acceptors (Lipinski definition) is 6. The summed E-state index contributed by atoms with van der Waals surface area (Å²) in [4.78, 5) is 23.1. The molecule has 0 radical (unpaired) electrons. The number of amides is 1. The van der Waals surface area contributed by atoms with Crippen LogP contribution in [-0.4, -0.2) is 42.5 Å². The van der Waals surface area contributed by atoms with Crippen molar-refractivity contribution in [3.63, 3.8) is 0 Å². The minimum atomic E-state index is -1.08. The van der Waals surface area contributed by atoms with Gasteiger partial charge in [0.15, 0.2) is 18.1 Å². The lowest BCUT2D eigenvalue weighted by molar-refractivity contribution is -0.139. The van der Waals surface area contributed by atoms with Crippen molar-refractivity contribution in [3.05, 3.63) is 53.6 Å². The first-order valence-corrected chi connectivity index (χ1v) is 9.44. The van der Waals surface area contributed by atoms with Gasteiger partial charge in [0.1, 0.15) is 12.4 Å². The predicted octanol–water partition coefficient (Wildman–Crippen LogP) is 2.74. The van der Waals surface area contributed by atoms with Crippen molar-refractivity contribution in [2.75, 3.05) is 13.2 Å². The van der Waals surface area contributed by atoms with Crippen LogP contribution in [0, 0.1) is 0 Å². The van der Waals surface area contributed by atoms with Crippen molar-refractivity contribution in [1.29, 1.82) is 0 Å². The average Bonchev–Trinajstić information content (AvgIpc) is 2.71. The minimum absolute atomic E-state index is 0.0615. The van der Waals surface area contributed by atoms with Crippen LogP contribution in [0.1, 0.15) is 31.9 Å². The number of hydrazone groups is 1.